The standard InChI is InChI=1S/C11H19N3O/c1-8-7-14(11(2,3)4)10(15)9(13-8)5-6-12/h8-9,13H,5,7H2,1-4H3. The fraction of sp³-hybridized carbons (Fsp3) is 0.818. The molecule has 0 saturated carbocycles. The average molecular weight is 209 g/mol. The van der Waals surface area contributed by atoms with Gasteiger partial charge >= 0.3 is 0 Å². The fourth-order valence-electron chi connectivity index (χ4n) is 1.86. The summed E-state index contributed by atoms with van der Waals surface area (Å²) in [5, 5.41) is 11.8. The summed E-state index contributed by atoms with van der Waals surface area (Å²) in [7, 11) is 0. The van der Waals surface area contributed by atoms with Crippen LogP contribution in [-0.4, -0.2) is 35.0 Å². The van der Waals surface area contributed by atoms with E-state index in [1.807, 2.05) is 32.6 Å². The molecule has 2 atom stereocenters. The highest BCUT2D eigenvalue weighted by Gasteiger charge is 2.37. The van der Waals surface area contributed by atoms with Gasteiger partial charge in [0.1, 0.15) is 6.04 Å². The highest BCUT2D eigenvalue weighted by atomic mass is 16.2. The molecule has 1 aliphatic rings. The Labute approximate surface area is 91.2 Å². The summed E-state index contributed by atoms with van der Waals surface area (Å²) in [6.07, 6.45) is 0.246. The molecule has 0 aromatic heterocycles. The molecule has 0 radical (unpaired) electrons. The van der Waals surface area contributed by atoms with Crippen molar-refractivity contribution in [1.29, 1.82) is 5.26 Å². The van der Waals surface area contributed by atoms with Crippen LogP contribution >= 0.6 is 0 Å². The van der Waals surface area contributed by atoms with E-state index in [-0.39, 0.29) is 30.0 Å². The van der Waals surface area contributed by atoms with E-state index in [1.165, 1.54) is 0 Å². The van der Waals surface area contributed by atoms with Crippen molar-refractivity contribution in [3.63, 3.8) is 0 Å². The lowest BCUT2D eigenvalue weighted by molar-refractivity contribution is -0.142. The van der Waals surface area contributed by atoms with Crippen LogP contribution in [0.15, 0.2) is 0 Å². The number of piperazine rings is 1. The van der Waals surface area contributed by atoms with Crippen LogP contribution in [0.2, 0.25) is 0 Å². The third kappa shape index (κ3) is 2.69. The van der Waals surface area contributed by atoms with Crippen LogP contribution < -0.4 is 5.32 Å². The quantitative estimate of drug-likeness (QED) is 0.697. The van der Waals surface area contributed by atoms with E-state index in [4.69, 9.17) is 5.26 Å². The molecule has 84 valence electrons. The molecule has 2 unspecified atom stereocenters. The van der Waals surface area contributed by atoms with Crippen LogP contribution in [0, 0.1) is 11.3 Å². The molecule has 0 aromatic carbocycles. The van der Waals surface area contributed by atoms with Crippen LogP contribution in [-0.2, 0) is 4.79 Å². The van der Waals surface area contributed by atoms with E-state index in [0.717, 1.165) is 0 Å². The molecule has 0 aromatic rings. The van der Waals surface area contributed by atoms with Crippen molar-refractivity contribution in [2.24, 2.45) is 0 Å². The Morgan fingerprint density at radius 2 is 2.20 bits per heavy atom. The van der Waals surface area contributed by atoms with Gasteiger partial charge < -0.3 is 10.2 Å². The predicted molar refractivity (Wildman–Crippen MR) is 58.1 cm³/mol. The van der Waals surface area contributed by atoms with E-state index in [0.29, 0.717) is 6.54 Å². The highest BCUT2D eigenvalue weighted by molar-refractivity contribution is 5.83. The normalized spacial score (nSPS) is 27.7. The van der Waals surface area contributed by atoms with Crippen molar-refractivity contribution in [2.75, 3.05) is 6.54 Å². The van der Waals surface area contributed by atoms with Crippen molar-refractivity contribution in [3.8, 4) is 6.07 Å². The molecule has 1 saturated heterocycles. The first-order valence-electron chi connectivity index (χ1n) is 5.30. The van der Waals surface area contributed by atoms with Crippen LogP contribution in [0.4, 0.5) is 0 Å². The van der Waals surface area contributed by atoms with Gasteiger partial charge in [-0.3, -0.25) is 4.79 Å². The Kier molecular flexibility index (Phi) is 3.35. The SMILES string of the molecule is CC1CN(C(C)(C)C)C(=O)C(CC#N)N1. The minimum Gasteiger partial charge on any atom is -0.335 e. The maximum absolute atomic E-state index is 12.0. The Bertz CT molecular complexity index is 287. The van der Waals surface area contributed by atoms with Crippen molar-refractivity contribution in [3.05, 3.63) is 0 Å². The number of nitriles is 1. The Morgan fingerprint density at radius 1 is 1.60 bits per heavy atom. The van der Waals surface area contributed by atoms with Crippen LogP contribution in [0.3, 0.4) is 0 Å². The molecule has 1 heterocycles. The maximum Gasteiger partial charge on any atom is 0.241 e. The maximum atomic E-state index is 12.0. The molecule has 0 aliphatic carbocycles. The second kappa shape index (κ2) is 4.19. The van der Waals surface area contributed by atoms with Gasteiger partial charge in [-0.25, -0.2) is 0 Å². The van der Waals surface area contributed by atoms with E-state index >= 15 is 0 Å². The molecule has 1 amide bonds. The highest BCUT2D eigenvalue weighted by Crippen LogP contribution is 2.19. The van der Waals surface area contributed by atoms with Gasteiger partial charge in [0.25, 0.3) is 0 Å². The number of hydrogen-bond donors (Lipinski definition) is 1. The van der Waals surface area contributed by atoms with Gasteiger partial charge in [0.15, 0.2) is 0 Å². The predicted octanol–water partition coefficient (Wildman–Crippen LogP) is 0.887. The van der Waals surface area contributed by atoms with Gasteiger partial charge in [0.05, 0.1) is 12.5 Å². The molecule has 0 bridgehead atoms. The van der Waals surface area contributed by atoms with Crippen LogP contribution in [0.25, 0.3) is 0 Å². The smallest absolute Gasteiger partial charge is 0.241 e. The Balaban J connectivity index is 2.82. The number of amides is 1. The largest absolute Gasteiger partial charge is 0.335 e. The first-order chi connectivity index (χ1) is 6.86. The van der Waals surface area contributed by atoms with E-state index in [9.17, 15) is 4.79 Å². The second-order valence-electron chi connectivity index (χ2n) is 5.10. The fourth-order valence-corrected chi connectivity index (χ4v) is 1.86. The Morgan fingerprint density at radius 3 is 2.67 bits per heavy atom. The van der Waals surface area contributed by atoms with E-state index in [1.54, 1.807) is 0 Å². The van der Waals surface area contributed by atoms with Gasteiger partial charge in [-0.05, 0) is 27.7 Å². The van der Waals surface area contributed by atoms with Crippen molar-refractivity contribution >= 4 is 5.91 Å². The summed E-state index contributed by atoms with van der Waals surface area (Å²) >= 11 is 0. The summed E-state index contributed by atoms with van der Waals surface area (Å²) in [6, 6.07) is 1.97. The zero-order chi connectivity index (χ0) is 11.6. The third-order valence-corrected chi connectivity index (χ3v) is 2.61. The number of carbonyl (C=O) groups is 1. The molecular weight excluding hydrogens is 190 g/mol. The van der Waals surface area contributed by atoms with Crippen molar-refractivity contribution < 1.29 is 4.79 Å². The minimum atomic E-state index is -0.335. The zero-order valence-corrected chi connectivity index (χ0v) is 9.87. The molecule has 4 heteroatoms. The summed E-state index contributed by atoms with van der Waals surface area (Å²) in [6.45, 7) is 8.81. The number of rotatable bonds is 1. The molecule has 4 nitrogen and oxygen atoms in total. The topological polar surface area (TPSA) is 56.1 Å². The molecule has 1 rings (SSSR count). The Hall–Kier alpha value is -1.08. The number of hydrogen-bond acceptors (Lipinski definition) is 3. The first kappa shape index (κ1) is 12.0. The number of nitrogens with zero attached hydrogens (tertiary/aromatic N) is 2. The lowest BCUT2D eigenvalue weighted by Crippen LogP contribution is -2.63. The number of nitrogens with one attached hydrogen (secondary N) is 1. The zero-order valence-electron chi connectivity index (χ0n) is 9.87. The first-order valence-corrected chi connectivity index (χ1v) is 5.30. The van der Waals surface area contributed by atoms with Crippen LogP contribution in [0.5, 0.6) is 0 Å². The summed E-state index contributed by atoms with van der Waals surface area (Å²) in [5.74, 6) is 0.0437. The van der Waals surface area contributed by atoms with Gasteiger partial charge in [-0.2, -0.15) is 5.26 Å². The molecule has 1 fully saturated rings. The third-order valence-electron chi connectivity index (χ3n) is 2.61. The second-order valence-corrected chi connectivity index (χ2v) is 5.10. The number of carbonyl (C=O) groups excluding carboxylic acids is 1. The summed E-state index contributed by atoms with van der Waals surface area (Å²) in [4.78, 5) is 13.9. The lowest BCUT2D eigenvalue weighted by atomic mass is 9.99. The molecule has 1 aliphatic heterocycles. The lowest BCUT2D eigenvalue weighted by Gasteiger charge is -2.44. The van der Waals surface area contributed by atoms with Crippen molar-refractivity contribution in [2.45, 2.75) is 51.7 Å². The molecule has 0 spiro atoms. The molecule has 15 heavy (non-hydrogen) atoms. The van der Waals surface area contributed by atoms with Crippen molar-refractivity contribution in [1.82, 2.24) is 10.2 Å². The van der Waals surface area contributed by atoms with Gasteiger partial charge in [0, 0.05) is 18.1 Å². The monoisotopic (exact) mass is 209 g/mol. The minimum absolute atomic E-state index is 0.0437. The van der Waals surface area contributed by atoms with Gasteiger partial charge in [-0.1, -0.05) is 0 Å². The molecular formula is C11H19N3O. The summed E-state index contributed by atoms with van der Waals surface area (Å²) in [5.41, 5.74) is -0.166. The van der Waals surface area contributed by atoms with E-state index < -0.39 is 0 Å². The van der Waals surface area contributed by atoms with Gasteiger partial charge in [-0.15, -0.1) is 0 Å². The molecule has 1 N–H and O–H groups in total. The summed E-state index contributed by atoms with van der Waals surface area (Å²) < 4.78 is 0. The van der Waals surface area contributed by atoms with Gasteiger partial charge in [0.2, 0.25) is 5.91 Å². The van der Waals surface area contributed by atoms with E-state index in [2.05, 4.69) is 11.4 Å². The van der Waals surface area contributed by atoms with Crippen LogP contribution in [0.1, 0.15) is 34.1 Å². The average Bonchev–Trinajstić information content (AvgIpc) is 2.09.